The van der Waals surface area contributed by atoms with Crippen LogP contribution in [-0.4, -0.2) is 6.71 Å². The summed E-state index contributed by atoms with van der Waals surface area (Å²) in [6.45, 7) is 13.3. The van der Waals surface area contributed by atoms with E-state index in [1.807, 2.05) is 6.08 Å². The topological polar surface area (TPSA) is 0 Å². The first-order valence-electron chi connectivity index (χ1n) is 11.7. The Hall–Kier alpha value is -3.58. The molecule has 0 nitrogen and oxygen atoms in total. The van der Waals surface area contributed by atoms with Crippen molar-refractivity contribution in [2.75, 3.05) is 0 Å². The third-order valence-electron chi connectivity index (χ3n) is 7.08. The Morgan fingerprint density at radius 2 is 1.33 bits per heavy atom. The third-order valence-corrected chi connectivity index (χ3v) is 7.08. The molecule has 0 aliphatic carbocycles. The van der Waals surface area contributed by atoms with E-state index >= 15 is 0 Å². The van der Waals surface area contributed by atoms with E-state index < -0.39 is 0 Å². The van der Waals surface area contributed by atoms with E-state index in [1.165, 1.54) is 66.5 Å². The van der Waals surface area contributed by atoms with Crippen molar-refractivity contribution in [2.24, 2.45) is 0 Å². The molecule has 160 valence electrons. The Kier molecular flexibility index (Phi) is 5.42. The van der Waals surface area contributed by atoms with E-state index in [0.29, 0.717) is 0 Å². The van der Waals surface area contributed by atoms with Gasteiger partial charge in [-0.1, -0.05) is 120 Å². The van der Waals surface area contributed by atoms with Gasteiger partial charge >= 0.3 is 0 Å². The molecule has 0 saturated heterocycles. The molecule has 1 aliphatic heterocycles. The highest BCUT2D eigenvalue weighted by Gasteiger charge is 2.32. The largest absolute Gasteiger partial charge is 0.238 e. The van der Waals surface area contributed by atoms with E-state index in [1.54, 1.807) is 0 Å². The van der Waals surface area contributed by atoms with Gasteiger partial charge in [0.15, 0.2) is 0 Å². The molecule has 0 radical (unpaired) electrons. The maximum absolute atomic E-state index is 4.15. The van der Waals surface area contributed by atoms with E-state index in [-0.39, 0.29) is 6.71 Å². The quantitative estimate of drug-likeness (QED) is 0.308. The first kappa shape index (κ1) is 21.3. The van der Waals surface area contributed by atoms with Crippen LogP contribution in [0.25, 0.3) is 27.8 Å². The second kappa shape index (κ2) is 8.41. The lowest BCUT2D eigenvalue weighted by Gasteiger charge is -2.16. The second-order valence-corrected chi connectivity index (χ2v) is 9.29. The molecule has 0 unspecified atom stereocenters. The van der Waals surface area contributed by atoms with Crippen molar-refractivity contribution in [2.45, 2.75) is 27.7 Å². The van der Waals surface area contributed by atoms with Gasteiger partial charge in [-0.15, -0.1) is 0 Å². The fourth-order valence-electron chi connectivity index (χ4n) is 5.44. The van der Waals surface area contributed by atoms with Crippen LogP contribution in [0, 0.1) is 20.8 Å². The van der Waals surface area contributed by atoms with Crippen LogP contribution in [0.5, 0.6) is 0 Å². The highest BCUT2D eigenvalue weighted by Crippen LogP contribution is 2.32. The fraction of sp³-hybridized carbons (Fsp3) is 0.125. The molecule has 0 saturated carbocycles. The Bertz CT molecular complexity index is 1410. The molecule has 4 aromatic carbocycles. The van der Waals surface area contributed by atoms with Crippen molar-refractivity contribution >= 4 is 23.2 Å². The van der Waals surface area contributed by atoms with Crippen LogP contribution >= 0.6 is 0 Å². The zero-order valence-corrected chi connectivity index (χ0v) is 19.9. The smallest absolute Gasteiger partial charge is 0.0985 e. The summed E-state index contributed by atoms with van der Waals surface area (Å²) in [6, 6.07) is 31.2. The minimum Gasteiger partial charge on any atom is -0.0985 e. The normalized spacial score (nSPS) is 12.8. The van der Waals surface area contributed by atoms with Gasteiger partial charge < -0.3 is 0 Å². The van der Waals surface area contributed by atoms with E-state index in [9.17, 15) is 0 Å². The zero-order valence-electron chi connectivity index (χ0n) is 19.9. The number of hydrogen-bond donors (Lipinski definition) is 0. The molecule has 0 spiro atoms. The summed E-state index contributed by atoms with van der Waals surface area (Å²) in [5.74, 6) is 0. The van der Waals surface area contributed by atoms with Crippen LogP contribution in [0.1, 0.15) is 29.2 Å². The van der Waals surface area contributed by atoms with Crippen LogP contribution in [0.15, 0.2) is 103 Å². The molecule has 33 heavy (non-hydrogen) atoms. The molecule has 5 rings (SSSR count). The van der Waals surface area contributed by atoms with Gasteiger partial charge in [0.05, 0.1) is 0 Å². The lowest BCUT2D eigenvalue weighted by atomic mass is 9.38. The first-order valence-corrected chi connectivity index (χ1v) is 11.7. The molecular weight excluding hydrogens is 395 g/mol. The average molecular weight is 424 g/mol. The average Bonchev–Trinajstić information content (AvgIpc) is 3.10. The van der Waals surface area contributed by atoms with Gasteiger partial charge in [-0.05, 0) is 71.4 Å². The Morgan fingerprint density at radius 1 is 0.636 bits per heavy atom. The number of aryl methyl sites for hydroxylation is 3. The summed E-state index contributed by atoms with van der Waals surface area (Å²) in [4.78, 5) is 0. The molecule has 1 heterocycles. The molecule has 0 atom stereocenters. The summed E-state index contributed by atoms with van der Waals surface area (Å²) in [5.41, 5.74) is 15.8. The molecule has 4 aromatic rings. The van der Waals surface area contributed by atoms with E-state index in [4.69, 9.17) is 0 Å². The van der Waals surface area contributed by atoms with Crippen molar-refractivity contribution in [3.8, 4) is 22.3 Å². The minimum absolute atomic E-state index is 0.268. The maximum Gasteiger partial charge on any atom is 0.238 e. The van der Waals surface area contributed by atoms with Crippen molar-refractivity contribution in [3.05, 3.63) is 125 Å². The number of benzene rings is 4. The molecule has 0 aromatic heterocycles. The lowest BCUT2D eigenvalue weighted by molar-refractivity contribution is 1.36. The molecule has 1 heteroatoms. The third kappa shape index (κ3) is 3.68. The number of rotatable bonds is 4. The predicted octanol–water partition coefficient (Wildman–Crippen LogP) is 7.07. The predicted molar refractivity (Wildman–Crippen MR) is 146 cm³/mol. The van der Waals surface area contributed by atoms with Crippen molar-refractivity contribution in [1.82, 2.24) is 0 Å². The van der Waals surface area contributed by atoms with Gasteiger partial charge in [-0.2, -0.15) is 0 Å². The SMILES string of the molecule is C=CC1=C(C)B(c2ccc(-c3ccc(C)cc3C)c(C)c2)c2ccc(-c3ccccc3)cc21. The van der Waals surface area contributed by atoms with Crippen molar-refractivity contribution in [1.29, 1.82) is 0 Å². The van der Waals surface area contributed by atoms with E-state index in [0.717, 1.165) is 0 Å². The van der Waals surface area contributed by atoms with Crippen molar-refractivity contribution < 1.29 is 0 Å². The number of fused-ring (bicyclic) bond motifs is 1. The minimum atomic E-state index is 0.268. The van der Waals surface area contributed by atoms with Crippen LogP contribution in [0.2, 0.25) is 0 Å². The summed E-state index contributed by atoms with van der Waals surface area (Å²) >= 11 is 0. The molecular formula is C32H29B. The first-order chi connectivity index (χ1) is 16.0. The summed E-state index contributed by atoms with van der Waals surface area (Å²) in [7, 11) is 0. The van der Waals surface area contributed by atoms with Gasteiger partial charge in [-0.3, -0.25) is 0 Å². The van der Waals surface area contributed by atoms with Gasteiger partial charge in [0, 0.05) is 0 Å². The molecule has 0 bridgehead atoms. The zero-order chi connectivity index (χ0) is 23.1. The van der Waals surface area contributed by atoms with E-state index in [2.05, 4.69) is 119 Å². The highest BCUT2D eigenvalue weighted by atomic mass is 14.2. The van der Waals surface area contributed by atoms with Crippen LogP contribution in [-0.2, 0) is 0 Å². The van der Waals surface area contributed by atoms with Crippen LogP contribution < -0.4 is 10.9 Å². The molecule has 0 fully saturated rings. The van der Waals surface area contributed by atoms with Gasteiger partial charge in [0.2, 0.25) is 6.71 Å². The van der Waals surface area contributed by atoms with Gasteiger partial charge in [0.25, 0.3) is 0 Å². The maximum atomic E-state index is 4.15. The Balaban J connectivity index is 1.59. The van der Waals surface area contributed by atoms with Crippen molar-refractivity contribution in [3.63, 3.8) is 0 Å². The fourth-order valence-corrected chi connectivity index (χ4v) is 5.44. The second-order valence-electron chi connectivity index (χ2n) is 9.29. The summed E-state index contributed by atoms with van der Waals surface area (Å²) in [6.07, 6.45) is 2.03. The highest BCUT2D eigenvalue weighted by molar-refractivity contribution is 6.93. The Morgan fingerprint density at radius 3 is 2.00 bits per heavy atom. The Labute approximate surface area is 198 Å². The standard InChI is InChI=1S/C32H29B/c1-6-28-24(5)33(32-17-13-26(20-31(28)32)25-10-8-7-9-11-25)27-14-16-30(23(4)19-27)29-15-12-21(2)18-22(29)3/h6-20H,1H2,2-5H3. The van der Waals surface area contributed by atoms with Gasteiger partial charge in [-0.25, -0.2) is 0 Å². The number of hydrogen-bond acceptors (Lipinski definition) is 0. The summed E-state index contributed by atoms with van der Waals surface area (Å²) in [5, 5.41) is 0. The monoisotopic (exact) mass is 424 g/mol. The molecule has 1 aliphatic rings. The number of allylic oxidation sites excluding steroid dienone is 3. The van der Waals surface area contributed by atoms with Crippen LogP contribution in [0.4, 0.5) is 0 Å². The van der Waals surface area contributed by atoms with Crippen LogP contribution in [0.3, 0.4) is 0 Å². The summed E-state index contributed by atoms with van der Waals surface area (Å²) < 4.78 is 0. The molecule has 0 N–H and O–H groups in total. The molecule has 0 amide bonds. The lowest BCUT2D eigenvalue weighted by Crippen LogP contribution is -2.42. The van der Waals surface area contributed by atoms with Gasteiger partial charge in [0.1, 0.15) is 0 Å².